The SMILES string of the molecule is CC(C)C[C@H](NC(=O)N1CCCCC1)C(=O)NCC#N. The molecule has 0 bridgehead atoms. The third kappa shape index (κ3) is 5.47. The molecule has 0 saturated carbocycles. The number of carbonyl (C=O) groups excluding carboxylic acids is 2. The van der Waals surface area contributed by atoms with Crippen LogP contribution in [0.2, 0.25) is 0 Å². The van der Waals surface area contributed by atoms with Crippen LogP contribution in [0, 0.1) is 17.2 Å². The van der Waals surface area contributed by atoms with Crippen molar-refractivity contribution in [3.8, 4) is 6.07 Å². The second-order valence-corrected chi connectivity index (χ2v) is 5.56. The number of rotatable bonds is 5. The molecular formula is C14H24N4O2. The summed E-state index contributed by atoms with van der Waals surface area (Å²) in [6, 6.07) is 1.12. The first-order valence-corrected chi connectivity index (χ1v) is 7.24. The first-order chi connectivity index (χ1) is 9.54. The zero-order valence-corrected chi connectivity index (χ0v) is 12.3. The highest BCUT2D eigenvalue weighted by molar-refractivity contribution is 5.87. The molecule has 0 radical (unpaired) electrons. The third-order valence-electron chi connectivity index (χ3n) is 3.31. The summed E-state index contributed by atoms with van der Waals surface area (Å²) in [4.78, 5) is 25.9. The molecule has 0 spiro atoms. The van der Waals surface area contributed by atoms with E-state index < -0.39 is 6.04 Å². The predicted molar refractivity (Wildman–Crippen MR) is 75.8 cm³/mol. The number of carbonyl (C=O) groups is 2. The van der Waals surface area contributed by atoms with Crippen LogP contribution in [-0.2, 0) is 4.79 Å². The quantitative estimate of drug-likeness (QED) is 0.743. The zero-order valence-electron chi connectivity index (χ0n) is 12.3. The first kappa shape index (κ1) is 16.3. The van der Waals surface area contributed by atoms with Crippen LogP contribution in [0.5, 0.6) is 0 Å². The van der Waals surface area contributed by atoms with E-state index in [-0.39, 0.29) is 24.4 Å². The highest BCUT2D eigenvalue weighted by Crippen LogP contribution is 2.10. The van der Waals surface area contributed by atoms with Crippen LogP contribution in [0.1, 0.15) is 39.5 Å². The second-order valence-electron chi connectivity index (χ2n) is 5.56. The van der Waals surface area contributed by atoms with Gasteiger partial charge < -0.3 is 15.5 Å². The molecule has 6 nitrogen and oxygen atoms in total. The van der Waals surface area contributed by atoms with Crippen molar-refractivity contribution in [3.63, 3.8) is 0 Å². The average molecular weight is 280 g/mol. The molecule has 1 aliphatic heterocycles. The molecule has 1 aliphatic rings. The summed E-state index contributed by atoms with van der Waals surface area (Å²) < 4.78 is 0. The second kappa shape index (κ2) is 8.41. The van der Waals surface area contributed by atoms with Crippen molar-refractivity contribution in [3.05, 3.63) is 0 Å². The number of nitriles is 1. The fourth-order valence-electron chi connectivity index (χ4n) is 2.29. The topological polar surface area (TPSA) is 85.2 Å². The molecule has 20 heavy (non-hydrogen) atoms. The molecule has 1 heterocycles. The minimum Gasteiger partial charge on any atom is -0.341 e. The summed E-state index contributed by atoms with van der Waals surface area (Å²) in [7, 11) is 0. The lowest BCUT2D eigenvalue weighted by molar-refractivity contribution is -0.123. The van der Waals surface area contributed by atoms with E-state index in [1.807, 2.05) is 19.9 Å². The average Bonchev–Trinajstić information content (AvgIpc) is 2.44. The number of nitrogens with one attached hydrogen (secondary N) is 2. The Balaban J connectivity index is 2.56. The van der Waals surface area contributed by atoms with E-state index in [0.29, 0.717) is 6.42 Å². The molecule has 1 saturated heterocycles. The monoisotopic (exact) mass is 280 g/mol. The van der Waals surface area contributed by atoms with Crippen molar-refractivity contribution < 1.29 is 9.59 Å². The Bertz CT molecular complexity index is 370. The summed E-state index contributed by atoms with van der Waals surface area (Å²) in [5.41, 5.74) is 0. The molecule has 0 aromatic rings. The lowest BCUT2D eigenvalue weighted by atomic mass is 10.0. The van der Waals surface area contributed by atoms with Gasteiger partial charge in [-0.3, -0.25) is 4.79 Å². The fraction of sp³-hybridized carbons (Fsp3) is 0.786. The lowest BCUT2D eigenvalue weighted by Gasteiger charge is -2.29. The van der Waals surface area contributed by atoms with Crippen LogP contribution in [0.25, 0.3) is 0 Å². The van der Waals surface area contributed by atoms with Crippen LogP contribution >= 0.6 is 0 Å². The van der Waals surface area contributed by atoms with E-state index in [1.54, 1.807) is 4.90 Å². The summed E-state index contributed by atoms with van der Waals surface area (Å²) in [6.07, 6.45) is 3.75. The normalized spacial score (nSPS) is 16.4. The van der Waals surface area contributed by atoms with E-state index in [1.165, 1.54) is 0 Å². The standard InChI is InChI=1S/C14H24N4O2/c1-11(2)10-12(13(19)16-7-6-15)17-14(20)18-8-4-3-5-9-18/h11-12H,3-5,7-10H2,1-2H3,(H,16,19)(H,17,20)/t12-/m0/s1. The van der Waals surface area contributed by atoms with Gasteiger partial charge in [-0.05, 0) is 31.6 Å². The highest BCUT2D eigenvalue weighted by atomic mass is 16.2. The van der Waals surface area contributed by atoms with Gasteiger partial charge in [0.25, 0.3) is 0 Å². The number of hydrogen-bond donors (Lipinski definition) is 2. The van der Waals surface area contributed by atoms with E-state index in [9.17, 15) is 9.59 Å². The van der Waals surface area contributed by atoms with E-state index in [4.69, 9.17) is 5.26 Å². The largest absolute Gasteiger partial charge is 0.341 e. The van der Waals surface area contributed by atoms with Crippen LogP contribution < -0.4 is 10.6 Å². The van der Waals surface area contributed by atoms with Crippen molar-refractivity contribution in [2.75, 3.05) is 19.6 Å². The summed E-state index contributed by atoms with van der Waals surface area (Å²) >= 11 is 0. The van der Waals surface area contributed by atoms with Gasteiger partial charge in [-0.25, -0.2) is 4.79 Å². The van der Waals surface area contributed by atoms with Crippen LogP contribution in [0.3, 0.4) is 0 Å². The smallest absolute Gasteiger partial charge is 0.318 e. The number of amides is 3. The molecule has 0 unspecified atom stereocenters. The minimum absolute atomic E-state index is 0.0347. The van der Waals surface area contributed by atoms with Gasteiger partial charge in [0.15, 0.2) is 0 Å². The van der Waals surface area contributed by atoms with E-state index in [0.717, 1.165) is 32.4 Å². The van der Waals surface area contributed by atoms with E-state index in [2.05, 4.69) is 10.6 Å². The van der Waals surface area contributed by atoms with Crippen LogP contribution in [-0.4, -0.2) is 42.5 Å². The number of urea groups is 1. The van der Waals surface area contributed by atoms with Crippen molar-refractivity contribution in [2.24, 2.45) is 5.92 Å². The van der Waals surface area contributed by atoms with Crippen molar-refractivity contribution in [2.45, 2.75) is 45.6 Å². The Morgan fingerprint density at radius 1 is 1.25 bits per heavy atom. The molecule has 1 rings (SSSR count). The fourth-order valence-corrected chi connectivity index (χ4v) is 2.29. The molecule has 0 aromatic heterocycles. The van der Waals surface area contributed by atoms with Gasteiger partial charge in [0.05, 0.1) is 6.07 Å². The Labute approximate surface area is 120 Å². The van der Waals surface area contributed by atoms with E-state index >= 15 is 0 Å². The third-order valence-corrected chi connectivity index (χ3v) is 3.31. The molecule has 2 N–H and O–H groups in total. The van der Waals surface area contributed by atoms with Gasteiger partial charge in [0.1, 0.15) is 12.6 Å². The Kier molecular flexibility index (Phi) is 6.85. The van der Waals surface area contributed by atoms with Crippen molar-refractivity contribution in [1.29, 1.82) is 5.26 Å². The predicted octanol–water partition coefficient (Wildman–Crippen LogP) is 1.24. The first-order valence-electron chi connectivity index (χ1n) is 7.24. The Hall–Kier alpha value is -1.77. The molecule has 1 atom stereocenters. The maximum atomic E-state index is 12.1. The molecule has 1 fully saturated rings. The van der Waals surface area contributed by atoms with Gasteiger partial charge in [0.2, 0.25) is 5.91 Å². The summed E-state index contributed by atoms with van der Waals surface area (Å²) in [5.74, 6) is 0.0000935. The van der Waals surface area contributed by atoms with Gasteiger partial charge in [0, 0.05) is 13.1 Å². The van der Waals surface area contributed by atoms with Crippen molar-refractivity contribution >= 4 is 11.9 Å². The maximum Gasteiger partial charge on any atom is 0.318 e. The Morgan fingerprint density at radius 3 is 2.45 bits per heavy atom. The molecule has 112 valence electrons. The van der Waals surface area contributed by atoms with Gasteiger partial charge in [-0.15, -0.1) is 0 Å². The summed E-state index contributed by atoms with van der Waals surface area (Å²) in [5, 5.41) is 13.8. The molecule has 6 heteroatoms. The van der Waals surface area contributed by atoms with Crippen LogP contribution in [0.15, 0.2) is 0 Å². The lowest BCUT2D eigenvalue weighted by Crippen LogP contribution is -2.52. The molecule has 0 aliphatic carbocycles. The number of nitrogens with zero attached hydrogens (tertiary/aromatic N) is 2. The van der Waals surface area contributed by atoms with Crippen molar-refractivity contribution in [1.82, 2.24) is 15.5 Å². The summed E-state index contributed by atoms with van der Waals surface area (Å²) in [6.45, 7) is 5.46. The Morgan fingerprint density at radius 2 is 1.90 bits per heavy atom. The van der Waals surface area contributed by atoms with Gasteiger partial charge in [-0.1, -0.05) is 13.8 Å². The number of likely N-dealkylation sites (tertiary alicyclic amines) is 1. The maximum absolute atomic E-state index is 12.1. The molecule has 0 aromatic carbocycles. The zero-order chi connectivity index (χ0) is 15.0. The van der Waals surface area contributed by atoms with Gasteiger partial charge >= 0.3 is 6.03 Å². The van der Waals surface area contributed by atoms with Crippen LogP contribution in [0.4, 0.5) is 4.79 Å². The number of hydrogen-bond acceptors (Lipinski definition) is 3. The molecule has 3 amide bonds. The highest BCUT2D eigenvalue weighted by Gasteiger charge is 2.24. The van der Waals surface area contributed by atoms with Gasteiger partial charge in [-0.2, -0.15) is 5.26 Å². The molecular weight excluding hydrogens is 256 g/mol. The number of piperidine rings is 1. The minimum atomic E-state index is -0.572.